The van der Waals surface area contributed by atoms with E-state index in [2.05, 4.69) is 32.6 Å². The zero-order valence-corrected chi connectivity index (χ0v) is 13.7. The summed E-state index contributed by atoms with van der Waals surface area (Å²) in [5.41, 5.74) is 0.998. The number of Topliss-reactive ketones (excluding diaryl/α,β-unsaturated/α-hetero) is 1. The van der Waals surface area contributed by atoms with Gasteiger partial charge in [-0.1, -0.05) is 25.4 Å². The molecule has 0 heterocycles. The van der Waals surface area contributed by atoms with Gasteiger partial charge in [-0.3, -0.25) is 9.69 Å². The number of halogens is 1. The molecule has 20 heavy (non-hydrogen) atoms. The van der Waals surface area contributed by atoms with Gasteiger partial charge in [0.2, 0.25) is 0 Å². The number of phenols is 1. The van der Waals surface area contributed by atoms with E-state index in [1.807, 2.05) is 0 Å². The highest BCUT2D eigenvalue weighted by Crippen LogP contribution is 2.29. The molecule has 0 atom stereocenters. The molecule has 0 spiro atoms. The van der Waals surface area contributed by atoms with E-state index in [9.17, 15) is 9.90 Å². The minimum Gasteiger partial charge on any atom is -0.507 e. The van der Waals surface area contributed by atoms with Gasteiger partial charge in [0.1, 0.15) is 5.75 Å². The number of ketones is 1. The van der Waals surface area contributed by atoms with Crippen molar-refractivity contribution in [1.29, 1.82) is 0 Å². The Bertz CT molecular complexity index is 484. The maximum atomic E-state index is 11.5. The Morgan fingerprint density at radius 2 is 1.90 bits per heavy atom. The maximum absolute atomic E-state index is 11.5. The Morgan fingerprint density at radius 1 is 1.30 bits per heavy atom. The first-order valence-electron chi connectivity index (χ1n) is 6.98. The van der Waals surface area contributed by atoms with E-state index in [-0.39, 0.29) is 11.5 Å². The van der Waals surface area contributed by atoms with Gasteiger partial charge in [-0.05, 0) is 38.8 Å². The summed E-state index contributed by atoms with van der Waals surface area (Å²) >= 11 is 6.05. The van der Waals surface area contributed by atoms with E-state index < -0.39 is 0 Å². The van der Waals surface area contributed by atoms with E-state index in [0.717, 1.165) is 6.54 Å². The molecule has 0 aliphatic rings. The summed E-state index contributed by atoms with van der Waals surface area (Å²) in [6, 6.07) is 3.61. The zero-order chi connectivity index (χ0) is 15.4. The molecular formula is C16H24ClNO2. The number of rotatable bonds is 6. The van der Waals surface area contributed by atoms with Gasteiger partial charge in [-0.25, -0.2) is 0 Å². The fourth-order valence-electron chi connectivity index (χ4n) is 2.19. The van der Waals surface area contributed by atoms with Crippen LogP contribution >= 0.6 is 11.6 Å². The minimum atomic E-state index is -0.175. The molecular weight excluding hydrogens is 274 g/mol. The van der Waals surface area contributed by atoms with Gasteiger partial charge in [-0.15, -0.1) is 0 Å². The van der Waals surface area contributed by atoms with E-state index >= 15 is 0 Å². The highest BCUT2D eigenvalue weighted by molar-refractivity contribution is 6.31. The fraction of sp³-hybridized carbons (Fsp3) is 0.562. The van der Waals surface area contributed by atoms with Crippen molar-refractivity contribution in [3.63, 3.8) is 0 Å². The molecule has 3 nitrogen and oxygen atoms in total. The van der Waals surface area contributed by atoms with Crippen molar-refractivity contribution >= 4 is 17.4 Å². The summed E-state index contributed by atoms with van der Waals surface area (Å²) in [5, 5.41) is 10.7. The van der Waals surface area contributed by atoms with Gasteiger partial charge < -0.3 is 5.11 Å². The lowest BCUT2D eigenvalue weighted by molar-refractivity contribution is 0.101. The number of benzene rings is 1. The summed E-state index contributed by atoms with van der Waals surface area (Å²) in [6.07, 6.45) is 0. The molecule has 0 aliphatic heterocycles. The second kappa shape index (κ2) is 7.09. The van der Waals surface area contributed by atoms with Crippen molar-refractivity contribution in [2.24, 2.45) is 5.92 Å². The first-order valence-corrected chi connectivity index (χ1v) is 7.36. The Labute approximate surface area is 126 Å². The van der Waals surface area contributed by atoms with Crippen LogP contribution in [-0.2, 0) is 6.54 Å². The molecule has 1 N–H and O–H groups in total. The molecule has 0 aromatic heterocycles. The van der Waals surface area contributed by atoms with Crippen molar-refractivity contribution < 1.29 is 9.90 Å². The molecule has 0 saturated carbocycles. The van der Waals surface area contributed by atoms with Crippen molar-refractivity contribution in [2.75, 3.05) is 6.54 Å². The molecule has 0 fully saturated rings. The molecule has 1 aromatic carbocycles. The average Bonchev–Trinajstić information content (AvgIpc) is 2.31. The smallest absolute Gasteiger partial charge is 0.163 e. The molecule has 0 aliphatic carbocycles. The molecule has 1 rings (SSSR count). The molecule has 1 aromatic rings. The number of aromatic hydroxyl groups is 1. The minimum absolute atomic E-state index is 0.0521. The highest BCUT2D eigenvalue weighted by atomic mass is 35.5. The number of phenolic OH excluding ortho intramolecular Hbond substituents is 1. The Hall–Kier alpha value is -1.06. The number of hydrogen-bond donors (Lipinski definition) is 1. The highest BCUT2D eigenvalue weighted by Gasteiger charge is 2.18. The van der Waals surface area contributed by atoms with Crippen molar-refractivity contribution in [1.82, 2.24) is 4.90 Å². The van der Waals surface area contributed by atoms with Crippen LogP contribution in [0.15, 0.2) is 12.1 Å². The fourth-order valence-corrected chi connectivity index (χ4v) is 2.43. The van der Waals surface area contributed by atoms with Crippen molar-refractivity contribution in [3.05, 3.63) is 28.3 Å². The van der Waals surface area contributed by atoms with Crippen molar-refractivity contribution in [2.45, 2.75) is 47.2 Å². The molecule has 0 amide bonds. The summed E-state index contributed by atoms with van der Waals surface area (Å²) in [5.74, 6) is 0.411. The molecule has 4 heteroatoms. The predicted octanol–water partition coefficient (Wildman–Crippen LogP) is 4.11. The monoisotopic (exact) mass is 297 g/mol. The van der Waals surface area contributed by atoms with Crippen LogP contribution in [0, 0.1) is 5.92 Å². The topological polar surface area (TPSA) is 40.5 Å². The second-order valence-electron chi connectivity index (χ2n) is 5.93. The van der Waals surface area contributed by atoms with E-state index in [1.165, 1.54) is 13.0 Å². The van der Waals surface area contributed by atoms with Crippen LogP contribution in [0.2, 0.25) is 5.02 Å². The standard InChI is InChI=1S/C16H24ClNO2/c1-10(2)8-18(11(3)4)9-13-6-14(17)7-15(12(5)19)16(13)20/h6-7,10-11,20H,8-9H2,1-5H3. The third kappa shape index (κ3) is 4.50. The second-order valence-corrected chi connectivity index (χ2v) is 6.37. The Kier molecular flexibility index (Phi) is 6.03. The summed E-state index contributed by atoms with van der Waals surface area (Å²) in [4.78, 5) is 13.8. The van der Waals surface area contributed by atoms with Crippen LogP contribution in [0.5, 0.6) is 5.75 Å². The quantitative estimate of drug-likeness (QED) is 0.803. The van der Waals surface area contributed by atoms with Crippen LogP contribution in [-0.4, -0.2) is 28.4 Å². The zero-order valence-electron chi connectivity index (χ0n) is 12.9. The van der Waals surface area contributed by atoms with Crippen LogP contribution in [0.1, 0.15) is 50.5 Å². The van der Waals surface area contributed by atoms with E-state index in [1.54, 1.807) is 6.07 Å². The SMILES string of the molecule is CC(=O)c1cc(Cl)cc(CN(CC(C)C)C(C)C)c1O. The lowest BCUT2D eigenvalue weighted by atomic mass is 10.0. The van der Waals surface area contributed by atoms with Crippen LogP contribution in [0.25, 0.3) is 0 Å². The van der Waals surface area contributed by atoms with Gasteiger partial charge in [0.25, 0.3) is 0 Å². The normalized spacial score (nSPS) is 11.7. The van der Waals surface area contributed by atoms with E-state index in [4.69, 9.17) is 11.6 Å². The number of nitrogens with zero attached hydrogens (tertiary/aromatic N) is 1. The lowest BCUT2D eigenvalue weighted by Crippen LogP contribution is -2.33. The summed E-state index contributed by atoms with van der Waals surface area (Å²) in [7, 11) is 0. The molecule has 0 unspecified atom stereocenters. The van der Waals surface area contributed by atoms with Gasteiger partial charge >= 0.3 is 0 Å². The third-order valence-corrected chi connectivity index (χ3v) is 3.45. The average molecular weight is 298 g/mol. The van der Waals surface area contributed by atoms with E-state index in [0.29, 0.717) is 34.7 Å². The number of carbonyl (C=O) groups excluding carboxylic acids is 1. The van der Waals surface area contributed by atoms with Crippen LogP contribution < -0.4 is 0 Å². The van der Waals surface area contributed by atoms with Gasteiger partial charge in [0, 0.05) is 29.7 Å². The maximum Gasteiger partial charge on any atom is 0.163 e. The largest absolute Gasteiger partial charge is 0.507 e. The molecule has 0 bridgehead atoms. The first-order chi connectivity index (χ1) is 9.22. The van der Waals surface area contributed by atoms with Gasteiger partial charge in [-0.2, -0.15) is 0 Å². The Balaban J connectivity index is 3.09. The van der Waals surface area contributed by atoms with Crippen LogP contribution in [0.4, 0.5) is 0 Å². The molecule has 0 radical (unpaired) electrons. The van der Waals surface area contributed by atoms with Crippen molar-refractivity contribution in [3.8, 4) is 5.75 Å². The lowest BCUT2D eigenvalue weighted by Gasteiger charge is -2.28. The third-order valence-electron chi connectivity index (χ3n) is 3.24. The molecule has 0 saturated heterocycles. The number of hydrogen-bond acceptors (Lipinski definition) is 3. The predicted molar refractivity (Wildman–Crippen MR) is 83.5 cm³/mol. The molecule has 112 valence electrons. The van der Waals surface area contributed by atoms with Crippen LogP contribution in [0.3, 0.4) is 0 Å². The summed E-state index contributed by atoms with van der Waals surface area (Å²) < 4.78 is 0. The summed E-state index contributed by atoms with van der Waals surface area (Å²) in [6.45, 7) is 11.5. The van der Waals surface area contributed by atoms with Gasteiger partial charge in [0.05, 0.1) is 5.56 Å². The first kappa shape index (κ1) is 17.0. The number of carbonyl (C=O) groups is 1. The van der Waals surface area contributed by atoms with Gasteiger partial charge in [0.15, 0.2) is 5.78 Å². The Morgan fingerprint density at radius 3 is 2.35 bits per heavy atom.